The van der Waals surface area contributed by atoms with Crippen LogP contribution < -0.4 is 10.1 Å². The van der Waals surface area contributed by atoms with E-state index in [1.165, 1.54) is 19.3 Å². The van der Waals surface area contributed by atoms with Crippen molar-refractivity contribution in [3.05, 3.63) is 53.0 Å². The van der Waals surface area contributed by atoms with Gasteiger partial charge in [0.1, 0.15) is 17.3 Å². The summed E-state index contributed by atoms with van der Waals surface area (Å²) in [5.41, 5.74) is 2.23. The highest BCUT2D eigenvalue weighted by Gasteiger charge is 2.25. The number of carbonyl (C=O) groups is 1. The number of benzene rings is 1. The summed E-state index contributed by atoms with van der Waals surface area (Å²) in [4.78, 5) is 14.8. The molecule has 2 heterocycles. The molecule has 2 aromatic rings. The van der Waals surface area contributed by atoms with Crippen molar-refractivity contribution in [3.63, 3.8) is 0 Å². The first kappa shape index (κ1) is 19.5. The van der Waals surface area contributed by atoms with E-state index in [9.17, 15) is 4.79 Å². The Hall–Kier alpha value is -2.27. The van der Waals surface area contributed by atoms with Crippen molar-refractivity contribution < 1.29 is 13.9 Å². The Morgan fingerprint density at radius 2 is 1.93 bits per heavy atom. The molecule has 5 nitrogen and oxygen atoms in total. The molecule has 0 radical (unpaired) electrons. The molecule has 1 aliphatic heterocycles. The molecule has 5 heteroatoms. The number of amides is 1. The van der Waals surface area contributed by atoms with Gasteiger partial charge in [0.05, 0.1) is 6.04 Å². The second-order valence-electron chi connectivity index (χ2n) is 7.35. The van der Waals surface area contributed by atoms with Crippen LogP contribution in [0.1, 0.15) is 48.0 Å². The zero-order valence-corrected chi connectivity index (χ0v) is 16.6. The maximum atomic E-state index is 12.4. The van der Waals surface area contributed by atoms with Gasteiger partial charge in [-0.2, -0.15) is 0 Å². The molecule has 146 valence electrons. The molecular weight excluding hydrogens is 340 g/mol. The Morgan fingerprint density at radius 1 is 1.15 bits per heavy atom. The minimum atomic E-state index is -0.110. The van der Waals surface area contributed by atoms with Crippen molar-refractivity contribution in [2.75, 3.05) is 26.2 Å². The molecule has 1 fully saturated rings. The Kier molecular flexibility index (Phi) is 6.56. The van der Waals surface area contributed by atoms with Gasteiger partial charge in [0.25, 0.3) is 5.91 Å². The third kappa shape index (κ3) is 5.13. The zero-order valence-electron chi connectivity index (χ0n) is 16.6. The summed E-state index contributed by atoms with van der Waals surface area (Å²) >= 11 is 0. The lowest BCUT2D eigenvalue weighted by Crippen LogP contribution is -2.41. The van der Waals surface area contributed by atoms with Gasteiger partial charge < -0.3 is 14.5 Å². The molecule has 1 amide bonds. The average Bonchev–Trinajstić information content (AvgIpc) is 3.10. The van der Waals surface area contributed by atoms with Gasteiger partial charge in [-0.1, -0.05) is 18.6 Å². The van der Waals surface area contributed by atoms with E-state index in [1.54, 1.807) is 0 Å². The van der Waals surface area contributed by atoms with Crippen LogP contribution in [0.25, 0.3) is 0 Å². The molecular formula is C22H30N2O3. The van der Waals surface area contributed by atoms with Crippen LogP contribution in [-0.4, -0.2) is 37.0 Å². The van der Waals surface area contributed by atoms with E-state index in [4.69, 9.17) is 9.15 Å². The highest BCUT2D eigenvalue weighted by atomic mass is 16.5. The number of hydrogen-bond donors (Lipinski definition) is 1. The Balaban J connectivity index is 1.57. The molecule has 1 saturated heterocycles. The lowest BCUT2D eigenvalue weighted by atomic mass is 10.1. The Bertz CT molecular complexity index is 763. The summed E-state index contributed by atoms with van der Waals surface area (Å²) in [5.74, 6) is 2.47. The fraction of sp³-hybridized carbons (Fsp3) is 0.500. The highest BCUT2D eigenvalue weighted by molar-refractivity contribution is 5.77. The third-order valence-electron chi connectivity index (χ3n) is 5.33. The molecule has 1 aromatic heterocycles. The normalized spacial score (nSPS) is 16.1. The van der Waals surface area contributed by atoms with Gasteiger partial charge in [-0.15, -0.1) is 0 Å². The molecule has 1 aromatic carbocycles. The predicted octanol–water partition coefficient (Wildman–Crippen LogP) is 3.93. The second kappa shape index (κ2) is 9.09. The average molecular weight is 370 g/mol. The molecule has 1 aliphatic rings. The number of nitrogens with zero attached hydrogens (tertiary/aromatic N) is 1. The van der Waals surface area contributed by atoms with Crippen LogP contribution in [0.5, 0.6) is 5.75 Å². The summed E-state index contributed by atoms with van der Waals surface area (Å²) in [5, 5.41) is 3.03. The SMILES string of the molecule is Cc1ccc([C@H](CNC(=O)COc2cccc(C)c2C)N2CCCCC2)o1. The zero-order chi connectivity index (χ0) is 19.2. The van der Waals surface area contributed by atoms with E-state index in [0.29, 0.717) is 6.54 Å². The Morgan fingerprint density at radius 3 is 2.63 bits per heavy atom. The standard InChI is InChI=1S/C22H30N2O3/c1-16-8-7-9-20(18(16)3)26-15-22(25)23-14-19(21-11-10-17(2)27-21)24-12-5-4-6-13-24/h7-11,19H,4-6,12-15H2,1-3H3,(H,23,25)/t19-/m0/s1. The van der Waals surface area contributed by atoms with Crippen LogP contribution in [0, 0.1) is 20.8 Å². The molecule has 0 spiro atoms. The highest BCUT2D eigenvalue weighted by Crippen LogP contribution is 2.26. The van der Waals surface area contributed by atoms with Gasteiger partial charge in [-0.25, -0.2) is 0 Å². The first-order valence-corrected chi connectivity index (χ1v) is 9.80. The number of furan rings is 1. The van der Waals surface area contributed by atoms with Gasteiger partial charge in [-0.05, 0) is 76.0 Å². The van der Waals surface area contributed by atoms with Crippen LogP contribution in [0.2, 0.25) is 0 Å². The fourth-order valence-electron chi connectivity index (χ4n) is 3.56. The van der Waals surface area contributed by atoms with E-state index in [-0.39, 0.29) is 18.6 Å². The minimum Gasteiger partial charge on any atom is -0.483 e. The first-order valence-electron chi connectivity index (χ1n) is 9.80. The van der Waals surface area contributed by atoms with Crippen molar-refractivity contribution in [2.24, 2.45) is 0 Å². The molecule has 1 atom stereocenters. The van der Waals surface area contributed by atoms with E-state index in [2.05, 4.69) is 10.2 Å². The van der Waals surface area contributed by atoms with Crippen molar-refractivity contribution in [1.82, 2.24) is 10.2 Å². The van der Waals surface area contributed by atoms with Gasteiger partial charge in [-0.3, -0.25) is 9.69 Å². The minimum absolute atomic E-state index is 0.0220. The van der Waals surface area contributed by atoms with Gasteiger partial charge in [0, 0.05) is 6.54 Å². The Labute approximate surface area is 161 Å². The van der Waals surface area contributed by atoms with Crippen molar-refractivity contribution in [1.29, 1.82) is 0 Å². The summed E-state index contributed by atoms with van der Waals surface area (Å²) in [6.07, 6.45) is 3.66. The lowest BCUT2D eigenvalue weighted by molar-refractivity contribution is -0.123. The number of piperidine rings is 1. The molecule has 0 unspecified atom stereocenters. The number of ether oxygens (including phenoxy) is 1. The quantitative estimate of drug-likeness (QED) is 0.802. The van der Waals surface area contributed by atoms with E-state index < -0.39 is 0 Å². The molecule has 27 heavy (non-hydrogen) atoms. The molecule has 0 bridgehead atoms. The fourth-order valence-corrected chi connectivity index (χ4v) is 3.56. The van der Waals surface area contributed by atoms with E-state index >= 15 is 0 Å². The molecule has 3 rings (SSSR count). The summed E-state index contributed by atoms with van der Waals surface area (Å²) in [6, 6.07) is 9.96. The second-order valence-corrected chi connectivity index (χ2v) is 7.35. The van der Waals surface area contributed by atoms with Crippen LogP contribution >= 0.6 is 0 Å². The van der Waals surface area contributed by atoms with Crippen LogP contribution in [0.15, 0.2) is 34.7 Å². The maximum Gasteiger partial charge on any atom is 0.258 e. The number of aryl methyl sites for hydroxylation is 2. The number of hydrogen-bond acceptors (Lipinski definition) is 4. The van der Waals surface area contributed by atoms with Crippen molar-refractivity contribution in [2.45, 2.75) is 46.1 Å². The van der Waals surface area contributed by atoms with Crippen LogP contribution in [-0.2, 0) is 4.79 Å². The van der Waals surface area contributed by atoms with Gasteiger partial charge >= 0.3 is 0 Å². The number of rotatable bonds is 7. The summed E-state index contributed by atoms with van der Waals surface area (Å²) in [6.45, 7) is 8.63. The lowest BCUT2D eigenvalue weighted by Gasteiger charge is -2.33. The topological polar surface area (TPSA) is 54.7 Å². The van der Waals surface area contributed by atoms with Gasteiger partial charge in [0.15, 0.2) is 6.61 Å². The van der Waals surface area contributed by atoms with E-state index in [1.807, 2.05) is 51.1 Å². The van der Waals surface area contributed by atoms with Gasteiger partial charge in [0.2, 0.25) is 0 Å². The number of carbonyl (C=O) groups excluding carboxylic acids is 1. The summed E-state index contributed by atoms with van der Waals surface area (Å²) in [7, 11) is 0. The molecule has 0 aliphatic carbocycles. The molecule has 1 N–H and O–H groups in total. The summed E-state index contributed by atoms with van der Waals surface area (Å²) < 4.78 is 11.6. The van der Waals surface area contributed by atoms with E-state index in [0.717, 1.165) is 41.5 Å². The molecule has 0 saturated carbocycles. The van der Waals surface area contributed by atoms with Crippen LogP contribution in [0.3, 0.4) is 0 Å². The van der Waals surface area contributed by atoms with Crippen molar-refractivity contribution >= 4 is 5.91 Å². The van der Waals surface area contributed by atoms with Crippen molar-refractivity contribution in [3.8, 4) is 5.75 Å². The smallest absolute Gasteiger partial charge is 0.258 e. The third-order valence-corrected chi connectivity index (χ3v) is 5.33. The monoisotopic (exact) mass is 370 g/mol. The number of nitrogens with one attached hydrogen (secondary N) is 1. The maximum absolute atomic E-state index is 12.4. The number of likely N-dealkylation sites (tertiary alicyclic amines) is 1. The first-order chi connectivity index (χ1) is 13.0. The largest absolute Gasteiger partial charge is 0.483 e. The predicted molar refractivity (Wildman–Crippen MR) is 106 cm³/mol. The van der Waals surface area contributed by atoms with Crippen LogP contribution in [0.4, 0.5) is 0 Å².